The quantitative estimate of drug-likeness (QED) is 0.811. The molecule has 1 aliphatic carbocycles. The predicted molar refractivity (Wildman–Crippen MR) is 62.7 cm³/mol. The van der Waals surface area contributed by atoms with Crippen LogP contribution < -0.4 is 5.73 Å². The van der Waals surface area contributed by atoms with E-state index in [1.54, 1.807) is 6.33 Å². The van der Waals surface area contributed by atoms with E-state index in [-0.39, 0.29) is 0 Å². The van der Waals surface area contributed by atoms with Crippen LogP contribution in [0.2, 0.25) is 0 Å². The van der Waals surface area contributed by atoms with E-state index in [0.29, 0.717) is 12.1 Å². The van der Waals surface area contributed by atoms with E-state index in [9.17, 15) is 0 Å². The zero-order valence-electron chi connectivity index (χ0n) is 10.1. The number of hydrogen-bond acceptors (Lipinski definition) is 4. The highest BCUT2D eigenvalue weighted by Gasteiger charge is 2.25. The highest BCUT2D eigenvalue weighted by molar-refractivity contribution is 4.89. The van der Waals surface area contributed by atoms with Crippen LogP contribution in [0.3, 0.4) is 0 Å². The van der Waals surface area contributed by atoms with Crippen molar-refractivity contribution in [1.82, 2.24) is 19.7 Å². The Morgan fingerprint density at radius 3 is 2.88 bits per heavy atom. The summed E-state index contributed by atoms with van der Waals surface area (Å²) in [7, 11) is 4.06. The van der Waals surface area contributed by atoms with Gasteiger partial charge in [-0.15, -0.1) is 0 Å². The van der Waals surface area contributed by atoms with Crippen molar-refractivity contribution in [3.05, 3.63) is 12.2 Å². The maximum Gasteiger partial charge on any atom is 0.140 e. The molecule has 0 bridgehead atoms. The molecular formula is C11H21N5. The average molecular weight is 223 g/mol. The first-order valence-corrected chi connectivity index (χ1v) is 5.97. The van der Waals surface area contributed by atoms with E-state index >= 15 is 0 Å². The Balaban J connectivity index is 1.96. The fourth-order valence-corrected chi connectivity index (χ4v) is 2.49. The molecule has 1 aromatic rings. The molecule has 1 heterocycles. The summed E-state index contributed by atoms with van der Waals surface area (Å²) in [6.45, 7) is 0.828. The first-order valence-electron chi connectivity index (χ1n) is 5.97. The van der Waals surface area contributed by atoms with Gasteiger partial charge in [0, 0.05) is 19.1 Å². The first-order chi connectivity index (χ1) is 7.68. The normalized spacial score (nSPS) is 26.2. The van der Waals surface area contributed by atoms with Crippen LogP contribution in [0.4, 0.5) is 0 Å². The largest absolute Gasteiger partial charge is 0.326 e. The number of aryl methyl sites for hydroxylation is 1. The van der Waals surface area contributed by atoms with Crippen LogP contribution in [0.5, 0.6) is 0 Å². The molecule has 0 amide bonds. The Labute approximate surface area is 96.6 Å². The monoisotopic (exact) mass is 223 g/mol. The Morgan fingerprint density at radius 2 is 2.25 bits per heavy atom. The highest BCUT2D eigenvalue weighted by atomic mass is 15.3. The van der Waals surface area contributed by atoms with E-state index in [4.69, 9.17) is 5.73 Å². The van der Waals surface area contributed by atoms with E-state index in [1.165, 1.54) is 19.3 Å². The molecule has 0 aliphatic heterocycles. The Morgan fingerprint density at radius 1 is 1.50 bits per heavy atom. The summed E-state index contributed by atoms with van der Waals surface area (Å²) in [4.78, 5) is 6.56. The molecule has 90 valence electrons. The predicted octanol–water partition coefficient (Wildman–Crippen LogP) is 0.517. The van der Waals surface area contributed by atoms with Gasteiger partial charge in [0.15, 0.2) is 0 Å². The van der Waals surface area contributed by atoms with Crippen LogP contribution in [0.1, 0.15) is 31.5 Å². The molecule has 2 rings (SSSR count). The van der Waals surface area contributed by atoms with Gasteiger partial charge in [-0.1, -0.05) is 12.8 Å². The maximum absolute atomic E-state index is 6.16. The Kier molecular flexibility index (Phi) is 3.56. The van der Waals surface area contributed by atoms with Crippen molar-refractivity contribution < 1.29 is 0 Å². The second-order valence-electron chi connectivity index (χ2n) is 4.73. The molecule has 5 heteroatoms. The van der Waals surface area contributed by atoms with Crippen molar-refractivity contribution in [2.45, 2.75) is 44.3 Å². The topological polar surface area (TPSA) is 60.0 Å². The minimum atomic E-state index is 0.312. The van der Waals surface area contributed by atoms with Crippen LogP contribution in [0.25, 0.3) is 0 Å². The number of hydrogen-bond donors (Lipinski definition) is 1. The summed E-state index contributed by atoms with van der Waals surface area (Å²) in [5.74, 6) is 1.00. The second kappa shape index (κ2) is 4.93. The van der Waals surface area contributed by atoms with Gasteiger partial charge >= 0.3 is 0 Å². The van der Waals surface area contributed by atoms with E-state index in [0.717, 1.165) is 18.8 Å². The number of rotatable bonds is 3. The van der Waals surface area contributed by atoms with Crippen molar-refractivity contribution in [3.8, 4) is 0 Å². The number of aromatic nitrogens is 3. The lowest BCUT2D eigenvalue weighted by molar-refractivity contribution is 0.157. The van der Waals surface area contributed by atoms with E-state index in [1.807, 2.05) is 11.7 Å². The SMILES string of the molecule is CN(Cc1ncnn1C)C1CCCCC1N. The van der Waals surface area contributed by atoms with Crippen molar-refractivity contribution in [2.75, 3.05) is 7.05 Å². The highest BCUT2D eigenvalue weighted by Crippen LogP contribution is 2.21. The Hall–Kier alpha value is -0.940. The molecular weight excluding hydrogens is 202 g/mol. The van der Waals surface area contributed by atoms with E-state index < -0.39 is 0 Å². The maximum atomic E-state index is 6.16. The molecule has 2 atom stereocenters. The molecule has 0 aromatic carbocycles. The molecule has 1 saturated carbocycles. The fourth-order valence-electron chi connectivity index (χ4n) is 2.49. The first kappa shape index (κ1) is 11.5. The van der Waals surface area contributed by atoms with Gasteiger partial charge in [0.05, 0.1) is 6.54 Å². The minimum absolute atomic E-state index is 0.312. The summed E-state index contributed by atoms with van der Waals surface area (Å²) in [6.07, 6.45) is 6.52. The van der Waals surface area contributed by atoms with Crippen LogP contribution in [0, 0.1) is 0 Å². The third-order valence-corrected chi connectivity index (χ3v) is 3.54. The molecule has 0 spiro atoms. The number of nitrogens with two attached hydrogens (primary N) is 1. The summed E-state index contributed by atoms with van der Waals surface area (Å²) in [5, 5.41) is 4.08. The summed E-state index contributed by atoms with van der Waals surface area (Å²) in [6, 6.07) is 0.803. The van der Waals surface area contributed by atoms with Crippen molar-refractivity contribution in [3.63, 3.8) is 0 Å². The lowest BCUT2D eigenvalue weighted by Crippen LogP contribution is -2.47. The molecule has 1 aromatic heterocycles. The molecule has 2 unspecified atom stereocenters. The summed E-state index contributed by atoms with van der Waals surface area (Å²) in [5.41, 5.74) is 6.16. The standard InChI is InChI=1S/C11H21N5/c1-15(7-11-13-8-14-16(11)2)10-6-4-3-5-9(10)12/h8-10H,3-7,12H2,1-2H3. The third kappa shape index (κ3) is 2.41. The van der Waals surface area contributed by atoms with Gasteiger partial charge in [-0.25, -0.2) is 4.98 Å². The van der Waals surface area contributed by atoms with Crippen molar-refractivity contribution >= 4 is 0 Å². The molecule has 0 saturated heterocycles. The van der Waals surface area contributed by atoms with Crippen LogP contribution >= 0.6 is 0 Å². The van der Waals surface area contributed by atoms with Gasteiger partial charge in [-0.3, -0.25) is 9.58 Å². The molecule has 1 fully saturated rings. The van der Waals surface area contributed by atoms with Gasteiger partial charge in [0.2, 0.25) is 0 Å². The lowest BCUT2D eigenvalue weighted by Gasteiger charge is -2.35. The number of likely N-dealkylation sites (N-methyl/N-ethyl adjacent to an activating group) is 1. The Bertz CT molecular complexity index is 335. The fraction of sp³-hybridized carbons (Fsp3) is 0.818. The zero-order chi connectivity index (χ0) is 11.5. The number of nitrogens with zero attached hydrogens (tertiary/aromatic N) is 4. The van der Waals surface area contributed by atoms with Crippen molar-refractivity contribution in [1.29, 1.82) is 0 Å². The van der Waals surface area contributed by atoms with Gasteiger partial charge in [-0.05, 0) is 19.9 Å². The van der Waals surface area contributed by atoms with Gasteiger partial charge in [0.1, 0.15) is 12.2 Å². The average Bonchev–Trinajstić information content (AvgIpc) is 2.65. The van der Waals surface area contributed by atoms with Crippen molar-refractivity contribution in [2.24, 2.45) is 12.8 Å². The minimum Gasteiger partial charge on any atom is -0.326 e. The smallest absolute Gasteiger partial charge is 0.140 e. The zero-order valence-corrected chi connectivity index (χ0v) is 10.1. The van der Waals surface area contributed by atoms with Gasteiger partial charge < -0.3 is 5.73 Å². The molecule has 16 heavy (non-hydrogen) atoms. The second-order valence-corrected chi connectivity index (χ2v) is 4.73. The summed E-state index contributed by atoms with van der Waals surface area (Å²) >= 11 is 0. The molecule has 2 N–H and O–H groups in total. The van der Waals surface area contributed by atoms with Crippen LogP contribution in [0.15, 0.2) is 6.33 Å². The van der Waals surface area contributed by atoms with Crippen LogP contribution in [-0.4, -0.2) is 38.8 Å². The molecule has 5 nitrogen and oxygen atoms in total. The van der Waals surface area contributed by atoms with Crippen LogP contribution in [-0.2, 0) is 13.6 Å². The molecule has 1 aliphatic rings. The third-order valence-electron chi connectivity index (χ3n) is 3.54. The van der Waals surface area contributed by atoms with E-state index in [2.05, 4.69) is 22.0 Å². The lowest BCUT2D eigenvalue weighted by atomic mass is 9.90. The van der Waals surface area contributed by atoms with Gasteiger partial charge in [0.25, 0.3) is 0 Å². The van der Waals surface area contributed by atoms with Gasteiger partial charge in [-0.2, -0.15) is 5.10 Å². The molecule has 0 radical (unpaired) electrons. The summed E-state index contributed by atoms with van der Waals surface area (Å²) < 4.78 is 1.82.